The number of aliphatic carboxylic acids is 1. The van der Waals surface area contributed by atoms with Crippen LogP contribution in [0.4, 0.5) is 5.69 Å². The van der Waals surface area contributed by atoms with Gasteiger partial charge in [0.15, 0.2) is 6.04 Å². The number of nitrogens with zero attached hydrogens (tertiary/aromatic N) is 2. The molecule has 1 fully saturated rings. The van der Waals surface area contributed by atoms with E-state index in [-0.39, 0.29) is 18.9 Å². The van der Waals surface area contributed by atoms with Crippen molar-refractivity contribution >= 4 is 45.0 Å². The van der Waals surface area contributed by atoms with E-state index >= 15 is 0 Å². The highest BCUT2D eigenvalue weighted by Crippen LogP contribution is 2.30. The van der Waals surface area contributed by atoms with Crippen LogP contribution in [0.3, 0.4) is 0 Å². The molecule has 2 N–H and O–H groups in total. The summed E-state index contributed by atoms with van der Waals surface area (Å²) in [5.74, 6) is -2.36. The fraction of sp³-hybridized carbons (Fsp3) is 0.238. The Morgan fingerprint density at radius 2 is 2.00 bits per heavy atom. The predicted octanol–water partition coefficient (Wildman–Crippen LogP) is 2.90. The summed E-state index contributed by atoms with van der Waals surface area (Å²) in [4.78, 5) is 42.9. The molecule has 0 aliphatic carbocycles. The number of carboxylic acid groups (broad SMARTS) is 1. The lowest BCUT2D eigenvalue weighted by atomic mass is 10.0. The van der Waals surface area contributed by atoms with E-state index in [1.165, 1.54) is 0 Å². The largest absolute Gasteiger partial charge is 0.479 e. The molecule has 2 heterocycles. The molecule has 3 aromatic rings. The van der Waals surface area contributed by atoms with E-state index in [1.54, 1.807) is 46.6 Å². The number of fused-ring (bicyclic) bond motifs is 1. The minimum Gasteiger partial charge on any atom is -0.479 e. The Kier molecular flexibility index (Phi) is 5.02. The molecule has 1 aromatic heterocycles. The molecule has 4 rings (SSSR count). The number of aromatic nitrogens is 1. The summed E-state index contributed by atoms with van der Waals surface area (Å²) in [6.45, 7) is 2.14. The molecule has 1 unspecified atom stereocenters. The van der Waals surface area contributed by atoms with Crippen molar-refractivity contribution in [3.63, 3.8) is 0 Å². The Balaban J connectivity index is 1.50. The van der Waals surface area contributed by atoms with Crippen LogP contribution in [0.1, 0.15) is 23.0 Å². The van der Waals surface area contributed by atoms with E-state index in [0.29, 0.717) is 11.3 Å². The van der Waals surface area contributed by atoms with E-state index in [2.05, 4.69) is 10.3 Å². The smallest absolute Gasteiger partial charge is 0.330 e. The van der Waals surface area contributed by atoms with Crippen molar-refractivity contribution in [2.75, 3.05) is 11.4 Å². The van der Waals surface area contributed by atoms with Crippen molar-refractivity contribution in [2.45, 2.75) is 19.4 Å². The lowest BCUT2D eigenvalue weighted by molar-refractivity contribution is -0.142. The zero-order valence-electron chi connectivity index (χ0n) is 15.7. The molecule has 29 heavy (non-hydrogen) atoms. The fourth-order valence-corrected chi connectivity index (χ4v) is 4.33. The number of carboxylic acids is 1. The second-order valence-electron chi connectivity index (χ2n) is 6.98. The second-order valence-corrected chi connectivity index (χ2v) is 8.22. The van der Waals surface area contributed by atoms with Crippen molar-refractivity contribution in [3.05, 3.63) is 59.1 Å². The Bertz CT molecular complexity index is 1100. The maximum Gasteiger partial charge on any atom is 0.330 e. The summed E-state index contributed by atoms with van der Waals surface area (Å²) in [5, 5.41) is 13.0. The van der Waals surface area contributed by atoms with Crippen molar-refractivity contribution in [3.8, 4) is 0 Å². The number of thiazole rings is 1. The van der Waals surface area contributed by atoms with Crippen molar-refractivity contribution < 1.29 is 19.5 Å². The van der Waals surface area contributed by atoms with Gasteiger partial charge in [-0.1, -0.05) is 30.3 Å². The molecule has 2 atom stereocenters. The summed E-state index contributed by atoms with van der Waals surface area (Å²) >= 11 is 1.58. The molecule has 2 aromatic carbocycles. The number of anilines is 1. The second kappa shape index (κ2) is 7.63. The third-order valence-electron chi connectivity index (χ3n) is 4.95. The molecule has 1 aliphatic rings. The molecule has 2 amide bonds. The van der Waals surface area contributed by atoms with E-state index in [0.717, 1.165) is 15.2 Å². The van der Waals surface area contributed by atoms with Crippen LogP contribution in [-0.2, 0) is 14.4 Å². The zero-order chi connectivity index (χ0) is 20.5. The Morgan fingerprint density at radius 3 is 2.72 bits per heavy atom. The normalized spacial score (nSPS) is 17.5. The fourth-order valence-electron chi connectivity index (χ4n) is 3.52. The van der Waals surface area contributed by atoms with Gasteiger partial charge >= 0.3 is 5.97 Å². The third kappa shape index (κ3) is 3.84. The molecule has 0 radical (unpaired) electrons. The number of amides is 2. The SMILES string of the molecule is Cc1nc2cc(N3CC(C(=O)N[C@H](C(=O)O)c4ccccc4)CC3=O)ccc2s1. The van der Waals surface area contributed by atoms with Gasteiger partial charge in [-0.15, -0.1) is 11.3 Å². The third-order valence-corrected chi connectivity index (χ3v) is 5.90. The van der Waals surface area contributed by atoms with Gasteiger partial charge in [0.1, 0.15) is 0 Å². The van der Waals surface area contributed by atoms with Crippen LogP contribution < -0.4 is 10.2 Å². The molecule has 1 aliphatic heterocycles. The minimum atomic E-state index is -1.15. The molecule has 1 saturated heterocycles. The van der Waals surface area contributed by atoms with Gasteiger partial charge < -0.3 is 15.3 Å². The molecule has 8 heteroatoms. The lowest BCUT2D eigenvalue weighted by Gasteiger charge is -2.19. The predicted molar refractivity (Wildman–Crippen MR) is 110 cm³/mol. The molecule has 7 nitrogen and oxygen atoms in total. The molecular weight excluding hydrogens is 390 g/mol. The summed E-state index contributed by atoms with van der Waals surface area (Å²) in [7, 11) is 0. The van der Waals surface area contributed by atoms with Crippen molar-refractivity contribution in [1.29, 1.82) is 0 Å². The first-order chi connectivity index (χ1) is 13.9. The van der Waals surface area contributed by atoms with Crippen LogP contribution in [0.5, 0.6) is 0 Å². The average Bonchev–Trinajstić information content (AvgIpc) is 3.27. The number of carbonyl (C=O) groups excluding carboxylic acids is 2. The number of aryl methyl sites for hydroxylation is 1. The summed E-state index contributed by atoms with van der Waals surface area (Å²) in [6.07, 6.45) is 0.0428. The van der Waals surface area contributed by atoms with E-state index in [4.69, 9.17) is 0 Å². The Labute approximate surface area is 171 Å². The molecule has 0 spiro atoms. The van der Waals surface area contributed by atoms with Crippen LogP contribution in [0.2, 0.25) is 0 Å². The van der Waals surface area contributed by atoms with Crippen LogP contribution in [0.25, 0.3) is 10.2 Å². The molecule has 0 saturated carbocycles. The summed E-state index contributed by atoms with van der Waals surface area (Å²) < 4.78 is 1.04. The first-order valence-corrected chi connectivity index (χ1v) is 9.99. The van der Waals surface area contributed by atoms with E-state index in [1.807, 2.05) is 25.1 Å². The lowest BCUT2D eigenvalue weighted by Crippen LogP contribution is -2.38. The topological polar surface area (TPSA) is 99.6 Å². The van der Waals surface area contributed by atoms with Gasteiger partial charge in [-0.3, -0.25) is 9.59 Å². The van der Waals surface area contributed by atoms with Gasteiger partial charge in [0.05, 0.1) is 21.1 Å². The highest BCUT2D eigenvalue weighted by Gasteiger charge is 2.37. The highest BCUT2D eigenvalue weighted by molar-refractivity contribution is 7.18. The quantitative estimate of drug-likeness (QED) is 0.675. The van der Waals surface area contributed by atoms with Crippen molar-refractivity contribution in [1.82, 2.24) is 10.3 Å². The van der Waals surface area contributed by atoms with Crippen LogP contribution in [0.15, 0.2) is 48.5 Å². The standard InChI is InChI=1S/C21H19N3O4S/c1-12-22-16-10-15(7-8-17(16)29-12)24-11-14(9-18(24)25)20(26)23-19(21(27)28)13-5-3-2-4-6-13/h2-8,10,14,19H,9,11H2,1H3,(H,23,26)(H,27,28)/t14?,19-/m0/s1. The van der Waals surface area contributed by atoms with Gasteiger partial charge in [-0.2, -0.15) is 0 Å². The maximum absolute atomic E-state index is 12.7. The number of rotatable bonds is 5. The van der Waals surface area contributed by atoms with Gasteiger partial charge in [0, 0.05) is 18.7 Å². The van der Waals surface area contributed by atoms with Gasteiger partial charge in [0.2, 0.25) is 11.8 Å². The van der Waals surface area contributed by atoms with E-state index in [9.17, 15) is 19.5 Å². The monoisotopic (exact) mass is 409 g/mol. The van der Waals surface area contributed by atoms with E-state index < -0.39 is 23.8 Å². The number of hydrogen-bond donors (Lipinski definition) is 2. The number of hydrogen-bond acceptors (Lipinski definition) is 5. The van der Waals surface area contributed by atoms with Gasteiger partial charge in [0.25, 0.3) is 0 Å². The van der Waals surface area contributed by atoms with Gasteiger partial charge in [-0.05, 0) is 30.7 Å². The van der Waals surface area contributed by atoms with Crippen LogP contribution >= 0.6 is 11.3 Å². The first kappa shape index (κ1) is 19.1. The minimum absolute atomic E-state index is 0.0428. The Hall–Kier alpha value is -3.26. The first-order valence-electron chi connectivity index (χ1n) is 9.18. The zero-order valence-corrected chi connectivity index (χ0v) is 16.5. The van der Waals surface area contributed by atoms with Crippen LogP contribution in [0, 0.1) is 12.8 Å². The average molecular weight is 409 g/mol. The number of benzene rings is 2. The highest BCUT2D eigenvalue weighted by atomic mass is 32.1. The van der Waals surface area contributed by atoms with Crippen LogP contribution in [-0.4, -0.2) is 34.4 Å². The molecule has 0 bridgehead atoms. The number of nitrogens with one attached hydrogen (secondary N) is 1. The van der Waals surface area contributed by atoms with Gasteiger partial charge in [-0.25, -0.2) is 9.78 Å². The molecular formula is C21H19N3O4S. The summed E-state index contributed by atoms with van der Waals surface area (Å²) in [6, 6.07) is 13.0. The maximum atomic E-state index is 12.7. The van der Waals surface area contributed by atoms with Crippen molar-refractivity contribution in [2.24, 2.45) is 5.92 Å². The molecule has 148 valence electrons. The number of carbonyl (C=O) groups is 3. The Morgan fingerprint density at radius 1 is 1.24 bits per heavy atom. The summed E-state index contributed by atoms with van der Waals surface area (Å²) in [5.41, 5.74) is 2.00.